The van der Waals surface area contributed by atoms with Crippen LogP contribution in [-0.2, 0) is 0 Å². The second kappa shape index (κ2) is 6.36. The summed E-state index contributed by atoms with van der Waals surface area (Å²) in [6.07, 6.45) is 5.37. The van der Waals surface area contributed by atoms with E-state index in [1.165, 1.54) is 27.7 Å². The lowest BCUT2D eigenvalue weighted by Crippen LogP contribution is -2.45. The number of halogens is 1. The number of nitrogens with zero attached hydrogens (tertiary/aromatic N) is 6. The van der Waals surface area contributed by atoms with Crippen molar-refractivity contribution in [1.82, 2.24) is 34.3 Å². The fourth-order valence-electron chi connectivity index (χ4n) is 3.58. The lowest BCUT2D eigenvalue weighted by atomic mass is 9.95. The number of rotatable bonds is 3. The largest absolute Gasteiger partial charge is 0.331 e. The molecule has 0 aromatic carbocycles. The molecule has 0 spiro atoms. The predicted molar refractivity (Wildman–Crippen MR) is 100 cm³/mol. The number of nitrogens with one attached hydrogen (secondary N) is 1. The van der Waals surface area contributed by atoms with Crippen LogP contribution in [0.4, 0.5) is 4.39 Å². The standard InChI is InChI=1S/C19H16FN7O2/c1-11-13(18(29)25-8-6-14(25)12-4-5-16(20)21-9-12)10-22-27(11)19-23-17(28)15-3-2-7-26(15)24-19/h2-5,7,9-10,14H,6,8H2,1H3,(H,23,24,28)/t14-/m1/s1. The maximum absolute atomic E-state index is 13.1. The van der Waals surface area contributed by atoms with Gasteiger partial charge in [-0.15, -0.1) is 5.10 Å². The third-order valence-corrected chi connectivity index (χ3v) is 5.25. The summed E-state index contributed by atoms with van der Waals surface area (Å²) in [5.74, 6) is -0.513. The molecule has 4 aromatic heterocycles. The smallest absolute Gasteiger partial charge is 0.276 e. The van der Waals surface area contributed by atoms with Gasteiger partial charge in [-0.25, -0.2) is 14.2 Å². The summed E-state index contributed by atoms with van der Waals surface area (Å²) in [7, 11) is 0. The molecule has 4 aromatic rings. The van der Waals surface area contributed by atoms with Gasteiger partial charge >= 0.3 is 0 Å². The minimum absolute atomic E-state index is 0.146. The molecule has 1 amide bonds. The summed E-state index contributed by atoms with van der Waals surface area (Å²) in [6.45, 7) is 2.34. The van der Waals surface area contributed by atoms with Gasteiger partial charge in [-0.05, 0) is 37.1 Å². The molecule has 0 radical (unpaired) electrons. The Morgan fingerprint density at radius 2 is 2.14 bits per heavy atom. The minimum Gasteiger partial charge on any atom is -0.331 e. The van der Waals surface area contributed by atoms with Crippen LogP contribution >= 0.6 is 0 Å². The van der Waals surface area contributed by atoms with E-state index in [0.29, 0.717) is 23.3 Å². The number of carbonyl (C=O) groups is 1. The molecule has 1 saturated heterocycles. The molecule has 1 fully saturated rings. The van der Waals surface area contributed by atoms with Crippen molar-refractivity contribution in [3.8, 4) is 5.95 Å². The first-order valence-electron chi connectivity index (χ1n) is 9.08. The van der Waals surface area contributed by atoms with Gasteiger partial charge in [-0.3, -0.25) is 14.6 Å². The van der Waals surface area contributed by atoms with E-state index < -0.39 is 5.95 Å². The zero-order valence-electron chi connectivity index (χ0n) is 15.4. The van der Waals surface area contributed by atoms with Crippen LogP contribution in [0.25, 0.3) is 11.5 Å². The predicted octanol–water partition coefficient (Wildman–Crippen LogP) is 1.64. The van der Waals surface area contributed by atoms with Gasteiger partial charge in [0.2, 0.25) is 11.9 Å². The number of hydrogen-bond acceptors (Lipinski definition) is 5. The number of amides is 1. The van der Waals surface area contributed by atoms with Gasteiger partial charge in [0.1, 0.15) is 5.52 Å². The molecule has 0 unspecified atom stereocenters. The first kappa shape index (κ1) is 17.3. The molecule has 1 atom stereocenters. The topological polar surface area (TPSA) is 101 Å². The van der Waals surface area contributed by atoms with E-state index in [4.69, 9.17) is 0 Å². The van der Waals surface area contributed by atoms with Crippen molar-refractivity contribution in [2.45, 2.75) is 19.4 Å². The Kier molecular flexibility index (Phi) is 3.79. The molecular weight excluding hydrogens is 377 g/mol. The fourth-order valence-corrected chi connectivity index (χ4v) is 3.58. The monoisotopic (exact) mass is 393 g/mol. The van der Waals surface area contributed by atoms with E-state index in [2.05, 4.69) is 20.2 Å². The van der Waals surface area contributed by atoms with E-state index in [1.807, 2.05) is 0 Å². The summed E-state index contributed by atoms with van der Waals surface area (Å²) in [5, 5.41) is 8.59. The van der Waals surface area contributed by atoms with Crippen LogP contribution < -0.4 is 5.56 Å². The first-order chi connectivity index (χ1) is 14.0. The number of fused-ring (bicyclic) bond motifs is 1. The number of hydrogen-bond donors (Lipinski definition) is 1. The lowest BCUT2D eigenvalue weighted by molar-refractivity contribution is 0.0458. The second-order valence-electron chi connectivity index (χ2n) is 6.89. The van der Waals surface area contributed by atoms with Gasteiger partial charge in [-0.1, -0.05) is 6.07 Å². The van der Waals surface area contributed by atoms with E-state index >= 15 is 0 Å². The van der Waals surface area contributed by atoms with Crippen LogP contribution in [0, 0.1) is 12.9 Å². The number of likely N-dealkylation sites (tertiary alicyclic amines) is 1. The van der Waals surface area contributed by atoms with Crippen molar-refractivity contribution in [3.63, 3.8) is 0 Å². The molecule has 0 aliphatic carbocycles. The Bertz CT molecular complexity index is 1290. The normalized spacial score (nSPS) is 16.2. The molecule has 5 heterocycles. The van der Waals surface area contributed by atoms with Crippen molar-refractivity contribution >= 4 is 11.4 Å². The summed E-state index contributed by atoms with van der Waals surface area (Å²) < 4.78 is 16.0. The zero-order chi connectivity index (χ0) is 20.1. The van der Waals surface area contributed by atoms with Crippen LogP contribution in [0.2, 0.25) is 0 Å². The minimum atomic E-state index is -0.552. The van der Waals surface area contributed by atoms with Gasteiger partial charge in [-0.2, -0.15) is 9.49 Å². The maximum atomic E-state index is 13.1. The molecule has 29 heavy (non-hydrogen) atoms. The molecule has 1 N–H and O–H groups in total. The van der Waals surface area contributed by atoms with Crippen molar-refractivity contribution < 1.29 is 9.18 Å². The Balaban J connectivity index is 1.46. The molecule has 1 aliphatic heterocycles. The molecule has 0 bridgehead atoms. The number of pyridine rings is 1. The first-order valence-corrected chi connectivity index (χ1v) is 9.08. The molecule has 146 valence electrons. The highest BCUT2D eigenvalue weighted by atomic mass is 19.1. The van der Waals surface area contributed by atoms with E-state index in [0.717, 1.165) is 12.0 Å². The SMILES string of the molecule is Cc1c(C(=O)N2CC[C@@H]2c2ccc(F)nc2)cnn1-c1nn2cccc2c(=O)[nH]1. The summed E-state index contributed by atoms with van der Waals surface area (Å²) in [6, 6.07) is 6.17. The van der Waals surface area contributed by atoms with Crippen molar-refractivity contribution in [2.24, 2.45) is 0 Å². The summed E-state index contributed by atoms with van der Waals surface area (Å²) in [5.41, 5.74) is 1.90. The number of carbonyl (C=O) groups excluding carboxylic acids is 1. The van der Waals surface area contributed by atoms with E-state index in [9.17, 15) is 14.0 Å². The highest BCUT2D eigenvalue weighted by Crippen LogP contribution is 2.34. The number of aromatic nitrogens is 6. The van der Waals surface area contributed by atoms with Gasteiger partial charge in [0.15, 0.2) is 0 Å². The summed E-state index contributed by atoms with van der Waals surface area (Å²) >= 11 is 0. The Morgan fingerprint density at radius 3 is 2.86 bits per heavy atom. The van der Waals surface area contributed by atoms with Crippen LogP contribution in [0.15, 0.2) is 47.7 Å². The van der Waals surface area contributed by atoms with Crippen molar-refractivity contribution in [1.29, 1.82) is 0 Å². The van der Waals surface area contributed by atoms with E-state index in [1.54, 1.807) is 36.2 Å². The fraction of sp³-hybridized carbons (Fsp3) is 0.211. The molecule has 9 nitrogen and oxygen atoms in total. The Labute approximate surface area is 163 Å². The van der Waals surface area contributed by atoms with Gasteiger partial charge in [0, 0.05) is 18.9 Å². The molecule has 0 saturated carbocycles. The van der Waals surface area contributed by atoms with Crippen LogP contribution in [-0.4, -0.2) is 46.7 Å². The highest BCUT2D eigenvalue weighted by molar-refractivity contribution is 5.96. The Morgan fingerprint density at radius 1 is 1.28 bits per heavy atom. The number of aromatic amines is 1. The van der Waals surface area contributed by atoms with Crippen LogP contribution in [0.1, 0.15) is 34.1 Å². The van der Waals surface area contributed by atoms with Gasteiger partial charge in [0.25, 0.3) is 11.5 Å². The zero-order valence-corrected chi connectivity index (χ0v) is 15.4. The summed E-state index contributed by atoms with van der Waals surface area (Å²) in [4.78, 5) is 33.3. The lowest BCUT2D eigenvalue weighted by Gasteiger charge is -2.41. The average Bonchev–Trinajstić information content (AvgIpc) is 3.29. The average molecular weight is 393 g/mol. The Hall–Kier alpha value is -3.82. The second-order valence-corrected chi connectivity index (χ2v) is 6.89. The van der Waals surface area contributed by atoms with Gasteiger partial charge in [0.05, 0.1) is 23.5 Å². The maximum Gasteiger partial charge on any atom is 0.276 e. The molecule has 10 heteroatoms. The van der Waals surface area contributed by atoms with Gasteiger partial charge < -0.3 is 4.90 Å². The molecule has 1 aliphatic rings. The van der Waals surface area contributed by atoms with Crippen LogP contribution in [0.3, 0.4) is 0 Å². The third kappa shape index (κ3) is 2.72. The third-order valence-electron chi connectivity index (χ3n) is 5.25. The molecule has 5 rings (SSSR count). The molecular formula is C19H16FN7O2. The van der Waals surface area contributed by atoms with Crippen LogP contribution in [0.5, 0.6) is 0 Å². The number of H-pyrrole nitrogens is 1. The van der Waals surface area contributed by atoms with Crippen molar-refractivity contribution in [3.05, 3.63) is 76.0 Å². The highest BCUT2D eigenvalue weighted by Gasteiger charge is 2.35. The van der Waals surface area contributed by atoms with E-state index in [-0.39, 0.29) is 23.5 Å². The van der Waals surface area contributed by atoms with Crippen molar-refractivity contribution in [2.75, 3.05) is 6.54 Å². The quantitative estimate of drug-likeness (QED) is 0.533.